The second-order valence-electron chi connectivity index (χ2n) is 5.62. The summed E-state index contributed by atoms with van der Waals surface area (Å²) in [5.74, 6) is 7.19. The molecule has 0 amide bonds. The Hall–Kier alpha value is -3.37. The number of hydrogen-bond donors (Lipinski definition) is 1. The van der Waals surface area contributed by atoms with Crippen molar-refractivity contribution in [3.63, 3.8) is 0 Å². The number of benzene rings is 1. The van der Waals surface area contributed by atoms with Crippen LogP contribution in [0.1, 0.15) is 12.5 Å². The highest BCUT2D eigenvalue weighted by Gasteiger charge is 2.33. The third-order valence-corrected chi connectivity index (χ3v) is 4.22. The van der Waals surface area contributed by atoms with Crippen LogP contribution < -0.4 is 0 Å². The van der Waals surface area contributed by atoms with Crippen LogP contribution in [-0.2, 0) is 4.74 Å². The lowest BCUT2D eigenvalue weighted by Gasteiger charge is -2.24. The number of rotatable bonds is 2. The maximum atomic E-state index is 9.68. The Bertz CT molecular complexity index is 900. The van der Waals surface area contributed by atoms with Crippen molar-refractivity contribution in [1.29, 1.82) is 5.26 Å². The van der Waals surface area contributed by atoms with E-state index in [1.165, 1.54) is 0 Å². The van der Waals surface area contributed by atoms with Crippen LogP contribution in [0.25, 0.3) is 0 Å². The van der Waals surface area contributed by atoms with Gasteiger partial charge in [0.1, 0.15) is 23.3 Å². The average Bonchev–Trinajstić information content (AvgIpc) is 2.76. The van der Waals surface area contributed by atoms with Gasteiger partial charge in [-0.05, 0) is 54.8 Å². The van der Waals surface area contributed by atoms with E-state index in [4.69, 9.17) is 4.74 Å². The second-order valence-corrected chi connectivity index (χ2v) is 5.62. The molecule has 1 heterocycles. The van der Waals surface area contributed by atoms with E-state index in [9.17, 15) is 10.4 Å². The quantitative estimate of drug-likeness (QED) is 0.846. The van der Waals surface area contributed by atoms with Crippen LogP contribution in [0.15, 0.2) is 71.2 Å². The van der Waals surface area contributed by atoms with Gasteiger partial charge in [-0.2, -0.15) is 5.26 Å². The number of hydrogen-bond acceptors (Lipinski definition) is 4. The molecule has 1 aliphatic carbocycles. The van der Waals surface area contributed by atoms with E-state index in [0.717, 1.165) is 29.1 Å². The molecule has 0 aromatic heterocycles. The highest BCUT2D eigenvalue weighted by Crippen LogP contribution is 2.35. The van der Waals surface area contributed by atoms with E-state index in [0.29, 0.717) is 5.57 Å². The Labute approximate surface area is 147 Å². The Balaban J connectivity index is 2.05. The maximum Gasteiger partial charge on any atom is 0.118 e. The predicted molar refractivity (Wildman–Crippen MR) is 96.1 cm³/mol. The van der Waals surface area contributed by atoms with Crippen molar-refractivity contribution in [3.8, 4) is 23.7 Å². The van der Waals surface area contributed by atoms with Crippen LogP contribution in [0.4, 0.5) is 0 Å². The zero-order valence-corrected chi connectivity index (χ0v) is 14.2. The Morgan fingerprint density at radius 3 is 2.60 bits per heavy atom. The summed E-state index contributed by atoms with van der Waals surface area (Å²) in [6.45, 7) is 2.78. The Morgan fingerprint density at radius 1 is 1.20 bits per heavy atom. The molecule has 1 N–H and O–H groups in total. The van der Waals surface area contributed by atoms with Gasteiger partial charge in [-0.15, -0.1) is 0 Å². The molecular weight excluding hydrogens is 312 g/mol. The minimum atomic E-state index is -0.0207. The van der Waals surface area contributed by atoms with Gasteiger partial charge >= 0.3 is 0 Å². The van der Waals surface area contributed by atoms with Gasteiger partial charge in [0.05, 0.1) is 18.7 Å². The third-order valence-electron chi connectivity index (χ3n) is 4.22. The molecule has 0 bridgehead atoms. The van der Waals surface area contributed by atoms with Crippen LogP contribution in [0.3, 0.4) is 0 Å². The number of nitriles is 1. The summed E-state index contributed by atoms with van der Waals surface area (Å²) in [6.07, 6.45) is 7.75. The van der Waals surface area contributed by atoms with Crippen molar-refractivity contribution in [2.24, 2.45) is 0 Å². The lowest BCUT2D eigenvalue weighted by Crippen LogP contribution is -2.28. The molecule has 0 saturated carbocycles. The number of nitrogens with zero attached hydrogens (tertiary/aromatic N) is 2. The van der Waals surface area contributed by atoms with Crippen molar-refractivity contribution in [2.75, 3.05) is 13.7 Å². The van der Waals surface area contributed by atoms with Crippen LogP contribution in [0.5, 0.6) is 5.75 Å². The van der Waals surface area contributed by atoms with Gasteiger partial charge in [-0.3, -0.25) is 0 Å². The first kappa shape index (κ1) is 16.5. The van der Waals surface area contributed by atoms with Gasteiger partial charge in [0.15, 0.2) is 0 Å². The van der Waals surface area contributed by atoms with Crippen molar-refractivity contribution in [1.82, 2.24) is 4.90 Å². The highest BCUT2D eigenvalue weighted by atomic mass is 16.5. The summed E-state index contributed by atoms with van der Waals surface area (Å²) in [4.78, 5) is 2.11. The van der Waals surface area contributed by atoms with Gasteiger partial charge in [-0.25, -0.2) is 0 Å². The normalized spacial score (nSPS) is 18.4. The zero-order chi connectivity index (χ0) is 17.8. The molecule has 3 rings (SSSR count). The molecule has 2 aliphatic rings. The number of fused-ring (bicyclic) bond motifs is 1. The maximum absolute atomic E-state index is 9.68. The molecule has 0 spiro atoms. The summed E-state index contributed by atoms with van der Waals surface area (Å²) in [5.41, 5.74) is 3.05. The van der Waals surface area contributed by atoms with Crippen molar-refractivity contribution < 1.29 is 9.84 Å². The standard InChI is InChI=1S/C21H18N2O2/c1-3-23-20-13-10-17(25-2)9-11-18(20)19(14-22)21(23)12-6-15-4-7-16(24)8-5-15/h4-5,7-11,13,20,24H,3H2,1-2H3. The molecule has 0 fully saturated rings. The molecule has 4 nitrogen and oxygen atoms in total. The largest absolute Gasteiger partial charge is 0.508 e. The molecule has 124 valence electrons. The van der Waals surface area contributed by atoms with Crippen molar-refractivity contribution >= 4 is 0 Å². The molecule has 1 aromatic carbocycles. The summed E-state index contributed by atoms with van der Waals surface area (Å²) < 4.78 is 5.28. The van der Waals surface area contributed by atoms with Gasteiger partial charge < -0.3 is 14.7 Å². The van der Waals surface area contributed by atoms with E-state index in [1.54, 1.807) is 31.4 Å². The molecule has 25 heavy (non-hydrogen) atoms. The topological polar surface area (TPSA) is 56.5 Å². The number of likely N-dealkylation sites (N-methyl/N-ethyl adjacent to an activating group) is 1. The van der Waals surface area contributed by atoms with Gasteiger partial charge in [0.25, 0.3) is 0 Å². The second kappa shape index (κ2) is 7.03. The summed E-state index contributed by atoms with van der Waals surface area (Å²) in [7, 11) is 1.63. The Morgan fingerprint density at radius 2 is 1.96 bits per heavy atom. The molecule has 4 heteroatoms. The lowest BCUT2D eigenvalue weighted by atomic mass is 10.0. The van der Waals surface area contributed by atoms with Gasteiger partial charge in [-0.1, -0.05) is 18.1 Å². The molecule has 0 radical (unpaired) electrons. The number of phenols is 1. The summed E-state index contributed by atoms with van der Waals surface area (Å²) in [6, 6.07) is 8.99. The first-order valence-corrected chi connectivity index (χ1v) is 8.04. The van der Waals surface area contributed by atoms with E-state index < -0.39 is 0 Å². The lowest BCUT2D eigenvalue weighted by molar-refractivity contribution is 0.306. The molecule has 1 aromatic rings. The number of allylic oxidation sites excluding steroid dienone is 4. The zero-order valence-electron chi connectivity index (χ0n) is 14.2. The van der Waals surface area contributed by atoms with Gasteiger partial charge in [0.2, 0.25) is 0 Å². The minimum absolute atomic E-state index is 0.0207. The highest BCUT2D eigenvalue weighted by molar-refractivity contribution is 5.62. The van der Waals surface area contributed by atoms with E-state index in [1.807, 2.05) is 31.2 Å². The minimum Gasteiger partial charge on any atom is -0.508 e. The smallest absolute Gasteiger partial charge is 0.118 e. The van der Waals surface area contributed by atoms with E-state index >= 15 is 0 Å². The fourth-order valence-electron chi connectivity index (χ4n) is 2.96. The van der Waals surface area contributed by atoms with E-state index in [2.05, 4.69) is 22.8 Å². The van der Waals surface area contributed by atoms with Gasteiger partial charge in [0, 0.05) is 12.1 Å². The third kappa shape index (κ3) is 3.16. The number of ether oxygens (including phenoxy) is 1. The number of phenolic OH excluding ortho intramolecular Hbond substituents is 1. The Kier molecular flexibility index (Phi) is 4.64. The number of aromatic hydroxyl groups is 1. The summed E-state index contributed by atoms with van der Waals surface area (Å²) in [5, 5.41) is 19.1. The average molecular weight is 330 g/mol. The molecule has 1 aliphatic heterocycles. The molecule has 0 saturated heterocycles. The summed E-state index contributed by atoms with van der Waals surface area (Å²) >= 11 is 0. The fraction of sp³-hybridized carbons (Fsp3) is 0.190. The SMILES string of the molecule is CCN1C(C#Cc2ccc(O)cc2)=C(C#N)C2=CC=C(OC)C=CC21. The predicted octanol–water partition coefficient (Wildman–Crippen LogP) is 3.25. The first-order valence-electron chi connectivity index (χ1n) is 8.04. The van der Waals surface area contributed by atoms with Crippen molar-refractivity contribution in [3.05, 3.63) is 76.7 Å². The van der Waals surface area contributed by atoms with Crippen LogP contribution in [0.2, 0.25) is 0 Å². The fourth-order valence-corrected chi connectivity index (χ4v) is 2.96. The van der Waals surface area contributed by atoms with E-state index in [-0.39, 0.29) is 11.8 Å². The molecular formula is C21H18N2O2. The molecule has 1 atom stereocenters. The first-order chi connectivity index (χ1) is 12.2. The molecule has 1 unspecified atom stereocenters. The monoisotopic (exact) mass is 330 g/mol. The number of methoxy groups -OCH3 is 1. The van der Waals surface area contributed by atoms with Crippen LogP contribution in [-0.4, -0.2) is 29.7 Å². The van der Waals surface area contributed by atoms with Crippen molar-refractivity contribution in [2.45, 2.75) is 13.0 Å². The van der Waals surface area contributed by atoms with Crippen LogP contribution >= 0.6 is 0 Å². The van der Waals surface area contributed by atoms with Crippen LogP contribution in [0, 0.1) is 23.2 Å².